The summed E-state index contributed by atoms with van der Waals surface area (Å²) in [6.45, 7) is 0. The largest absolute Gasteiger partial charge is 0.390 e. The Bertz CT molecular complexity index is 119. The first-order chi connectivity index (χ1) is 5.25. The standard InChI is InChI=1S/C8H17NO2/c1-9-6-4-2-3-5-7(10)8(6)11/h6-11H,2-5H2,1H3/t6-,7-,8+/m0/s1. The lowest BCUT2D eigenvalue weighted by atomic mass is 10.0. The highest BCUT2D eigenvalue weighted by atomic mass is 16.3. The van der Waals surface area contributed by atoms with Crippen molar-refractivity contribution in [2.75, 3.05) is 7.05 Å². The smallest absolute Gasteiger partial charge is 0.0951 e. The molecular formula is C8H17NO2. The first-order valence-electron chi connectivity index (χ1n) is 4.29. The van der Waals surface area contributed by atoms with Crippen LogP contribution in [0.5, 0.6) is 0 Å². The fourth-order valence-corrected chi connectivity index (χ4v) is 1.64. The van der Waals surface area contributed by atoms with Crippen LogP contribution in [0, 0.1) is 0 Å². The van der Waals surface area contributed by atoms with Crippen LogP contribution in [0.15, 0.2) is 0 Å². The lowest BCUT2D eigenvalue weighted by Crippen LogP contribution is -2.43. The van der Waals surface area contributed by atoms with Gasteiger partial charge in [-0.3, -0.25) is 0 Å². The number of hydrogen-bond acceptors (Lipinski definition) is 3. The maximum atomic E-state index is 9.50. The molecule has 3 atom stereocenters. The van der Waals surface area contributed by atoms with Crippen LogP contribution in [-0.2, 0) is 0 Å². The van der Waals surface area contributed by atoms with Crippen LogP contribution < -0.4 is 5.32 Å². The molecule has 3 N–H and O–H groups in total. The van der Waals surface area contributed by atoms with E-state index in [-0.39, 0.29) is 6.04 Å². The topological polar surface area (TPSA) is 52.5 Å². The highest BCUT2D eigenvalue weighted by molar-refractivity contribution is 4.83. The van der Waals surface area contributed by atoms with Crippen molar-refractivity contribution in [2.45, 2.75) is 43.9 Å². The third kappa shape index (κ3) is 2.15. The number of aliphatic hydroxyl groups excluding tert-OH is 2. The Morgan fingerprint density at radius 2 is 1.82 bits per heavy atom. The predicted molar refractivity (Wildman–Crippen MR) is 43.3 cm³/mol. The Kier molecular flexibility index (Phi) is 3.30. The normalized spacial score (nSPS) is 40.1. The molecule has 1 fully saturated rings. The molecule has 1 aliphatic carbocycles. The molecule has 0 spiro atoms. The van der Waals surface area contributed by atoms with Crippen molar-refractivity contribution in [1.82, 2.24) is 5.32 Å². The Balaban J connectivity index is 2.49. The third-order valence-corrected chi connectivity index (χ3v) is 2.44. The van der Waals surface area contributed by atoms with E-state index in [1.807, 2.05) is 7.05 Å². The van der Waals surface area contributed by atoms with Crippen LogP contribution in [0.3, 0.4) is 0 Å². The zero-order valence-corrected chi connectivity index (χ0v) is 6.95. The van der Waals surface area contributed by atoms with Gasteiger partial charge >= 0.3 is 0 Å². The molecular weight excluding hydrogens is 142 g/mol. The van der Waals surface area contributed by atoms with E-state index in [4.69, 9.17) is 0 Å². The fourth-order valence-electron chi connectivity index (χ4n) is 1.64. The minimum Gasteiger partial charge on any atom is -0.390 e. The lowest BCUT2D eigenvalue weighted by Gasteiger charge is -2.22. The van der Waals surface area contributed by atoms with Gasteiger partial charge in [-0.2, -0.15) is 0 Å². The van der Waals surface area contributed by atoms with Gasteiger partial charge in [0.1, 0.15) is 0 Å². The molecule has 1 rings (SSSR count). The average Bonchev–Trinajstić information content (AvgIpc) is 2.16. The highest BCUT2D eigenvalue weighted by Crippen LogP contribution is 2.18. The molecule has 3 heteroatoms. The molecule has 1 saturated carbocycles. The Morgan fingerprint density at radius 3 is 2.45 bits per heavy atom. The number of aliphatic hydroxyl groups is 2. The van der Waals surface area contributed by atoms with Crippen molar-refractivity contribution in [1.29, 1.82) is 0 Å². The van der Waals surface area contributed by atoms with E-state index in [2.05, 4.69) is 5.32 Å². The van der Waals surface area contributed by atoms with Crippen LogP contribution >= 0.6 is 0 Å². The molecule has 0 aliphatic heterocycles. The highest BCUT2D eigenvalue weighted by Gasteiger charge is 2.26. The van der Waals surface area contributed by atoms with E-state index in [9.17, 15) is 10.2 Å². The molecule has 0 aromatic carbocycles. The van der Waals surface area contributed by atoms with Crippen molar-refractivity contribution < 1.29 is 10.2 Å². The van der Waals surface area contributed by atoms with Gasteiger partial charge in [0, 0.05) is 6.04 Å². The molecule has 0 amide bonds. The zero-order valence-electron chi connectivity index (χ0n) is 6.95. The molecule has 0 radical (unpaired) electrons. The molecule has 0 saturated heterocycles. The van der Waals surface area contributed by atoms with Crippen molar-refractivity contribution in [3.63, 3.8) is 0 Å². The Morgan fingerprint density at radius 1 is 1.18 bits per heavy atom. The van der Waals surface area contributed by atoms with Gasteiger partial charge in [-0.15, -0.1) is 0 Å². The molecule has 0 aromatic rings. The van der Waals surface area contributed by atoms with E-state index in [1.54, 1.807) is 0 Å². The summed E-state index contributed by atoms with van der Waals surface area (Å²) in [6, 6.07) is 0.0764. The summed E-state index contributed by atoms with van der Waals surface area (Å²) in [5, 5.41) is 21.9. The first-order valence-corrected chi connectivity index (χ1v) is 4.29. The molecule has 3 nitrogen and oxygen atoms in total. The lowest BCUT2D eigenvalue weighted by molar-refractivity contribution is -0.000408. The van der Waals surface area contributed by atoms with Gasteiger partial charge in [-0.05, 0) is 19.9 Å². The van der Waals surface area contributed by atoms with Gasteiger partial charge in [0.25, 0.3) is 0 Å². The number of nitrogens with one attached hydrogen (secondary N) is 1. The maximum Gasteiger partial charge on any atom is 0.0951 e. The van der Waals surface area contributed by atoms with E-state index in [0.29, 0.717) is 0 Å². The molecule has 0 heterocycles. The summed E-state index contributed by atoms with van der Waals surface area (Å²) in [4.78, 5) is 0. The van der Waals surface area contributed by atoms with Crippen LogP contribution in [0.1, 0.15) is 25.7 Å². The fraction of sp³-hybridized carbons (Fsp3) is 1.00. The molecule has 0 bridgehead atoms. The van der Waals surface area contributed by atoms with E-state index >= 15 is 0 Å². The Hall–Kier alpha value is -0.120. The summed E-state index contributed by atoms with van der Waals surface area (Å²) in [5.41, 5.74) is 0. The second-order valence-electron chi connectivity index (χ2n) is 3.24. The minimum atomic E-state index is -0.581. The van der Waals surface area contributed by atoms with Gasteiger partial charge in [-0.25, -0.2) is 0 Å². The summed E-state index contributed by atoms with van der Waals surface area (Å²) >= 11 is 0. The maximum absolute atomic E-state index is 9.50. The van der Waals surface area contributed by atoms with E-state index in [1.165, 1.54) is 0 Å². The van der Waals surface area contributed by atoms with E-state index < -0.39 is 12.2 Å². The van der Waals surface area contributed by atoms with Crippen molar-refractivity contribution in [2.24, 2.45) is 0 Å². The predicted octanol–water partition coefficient (Wildman–Crippen LogP) is -0.130. The van der Waals surface area contributed by atoms with Gasteiger partial charge in [0.2, 0.25) is 0 Å². The summed E-state index contributed by atoms with van der Waals surface area (Å²) in [7, 11) is 1.83. The molecule has 0 aromatic heterocycles. The van der Waals surface area contributed by atoms with Crippen molar-refractivity contribution in [3.05, 3.63) is 0 Å². The average molecular weight is 159 g/mol. The van der Waals surface area contributed by atoms with Gasteiger partial charge in [0.05, 0.1) is 12.2 Å². The molecule has 11 heavy (non-hydrogen) atoms. The molecule has 1 aliphatic rings. The van der Waals surface area contributed by atoms with Crippen molar-refractivity contribution >= 4 is 0 Å². The summed E-state index contributed by atoms with van der Waals surface area (Å²) in [6.07, 6.45) is 2.71. The monoisotopic (exact) mass is 159 g/mol. The van der Waals surface area contributed by atoms with Crippen LogP contribution in [-0.4, -0.2) is 35.5 Å². The van der Waals surface area contributed by atoms with Crippen LogP contribution in [0.25, 0.3) is 0 Å². The van der Waals surface area contributed by atoms with Gasteiger partial charge in [-0.1, -0.05) is 12.8 Å². The quantitative estimate of drug-likeness (QED) is 0.467. The second kappa shape index (κ2) is 4.04. The Labute approximate surface area is 67.4 Å². The van der Waals surface area contributed by atoms with Gasteiger partial charge in [0.15, 0.2) is 0 Å². The second-order valence-corrected chi connectivity index (χ2v) is 3.24. The molecule has 66 valence electrons. The number of likely N-dealkylation sites (N-methyl/N-ethyl adjacent to an activating group) is 1. The third-order valence-electron chi connectivity index (χ3n) is 2.44. The SMILES string of the molecule is CN[C@H]1CCCC[C@H](O)[C@@H]1O. The summed E-state index contributed by atoms with van der Waals surface area (Å²) in [5.74, 6) is 0. The number of hydrogen-bond donors (Lipinski definition) is 3. The zero-order chi connectivity index (χ0) is 8.27. The molecule has 0 unspecified atom stereocenters. The minimum absolute atomic E-state index is 0.0764. The van der Waals surface area contributed by atoms with Gasteiger partial charge < -0.3 is 15.5 Å². The number of rotatable bonds is 1. The van der Waals surface area contributed by atoms with Crippen LogP contribution in [0.2, 0.25) is 0 Å². The summed E-state index contributed by atoms with van der Waals surface area (Å²) < 4.78 is 0. The first kappa shape index (κ1) is 8.97. The van der Waals surface area contributed by atoms with E-state index in [0.717, 1.165) is 25.7 Å². The van der Waals surface area contributed by atoms with Crippen LogP contribution in [0.4, 0.5) is 0 Å². The van der Waals surface area contributed by atoms with Crippen molar-refractivity contribution in [3.8, 4) is 0 Å².